The van der Waals surface area contributed by atoms with Gasteiger partial charge >= 0.3 is 5.97 Å². The zero-order chi connectivity index (χ0) is 17.0. The topological polar surface area (TPSA) is 33.9 Å². The van der Waals surface area contributed by atoms with E-state index in [2.05, 4.69) is 42.6 Å². The molecule has 0 saturated carbocycles. The van der Waals surface area contributed by atoms with Crippen molar-refractivity contribution in [2.45, 2.75) is 33.1 Å². The molecule has 0 atom stereocenters. The SMILES string of the molecule is [C-]#[N+]C(=CC=C1N(CC)c2ccccc2C1(C)C)C(=O)OCC. The number of carbonyl (C=O) groups excluding carboxylic acids is 1. The number of para-hydroxylation sites is 1. The number of rotatable bonds is 4. The van der Waals surface area contributed by atoms with Gasteiger partial charge in [-0.1, -0.05) is 38.1 Å². The van der Waals surface area contributed by atoms with Gasteiger partial charge < -0.3 is 9.64 Å². The number of likely N-dealkylation sites (N-methyl/N-ethyl adjacent to an activating group) is 1. The van der Waals surface area contributed by atoms with Gasteiger partial charge in [0, 0.05) is 23.3 Å². The molecule has 2 rings (SSSR count). The monoisotopic (exact) mass is 310 g/mol. The lowest BCUT2D eigenvalue weighted by molar-refractivity contribution is -0.138. The van der Waals surface area contributed by atoms with Crippen molar-refractivity contribution in [3.05, 3.63) is 64.8 Å². The molecule has 1 heterocycles. The number of hydrogen-bond donors (Lipinski definition) is 0. The van der Waals surface area contributed by atoms with Crippen LogP contribution in [0.1, 0.15) is 33.3 Å². The van der Waals surface area contributed by atoms with Gasteiger partial charge in [-0.15, -0.1) is 0 Å². The van der Waals surface area contributed by atoms with Crippen molar-refractivity contribution in [1.29, 1.82) is 0 Å². The van der Waals surface area contributed by atoms with Gasteiger partial charge in [-0.05, 0) is 31.6 Å². The van der Waals surface area contributed by atoms with Crippen LogP contribution in [0.3, 0.4) is 0 Å². The Balaban J connectivity index is 2.46. The van der Waals surface area contributed by atoms with Gasteiger partial charge in [0.25, 0.3) is 5.70 Å². The first-order valence-corrected chi connectivity index (χ1v) is 7.81. The van der Waals surface area contributed by atoms with Crippen LogP contribution in [0.15, 0.2) is 47.8 Å². The van der Waals surface area contributed by atoms with E-state index in [4.69, 9.17) is 11.3 Å². The van der Waals surface area contributed by atoms with Crippen LogP contribution < -0.4 is 4.90 Å². The lowest BCUT2D eigenvalue weighted by Crippen LogP contribution is -2.25. The van der Waals surface area contributed by atoms with E-state index in [1.165, 1.54) is 11.3 Å². The van der Waals surface area contributed by atoms with E-state index in [1.807, 2.05) is 18.2 Å². The van der Waals surface area contributed by atoms with Gasteiger partial charge in [0.05, 0.1) is 13.2 Å². The molecule has 0 N–H and O–H groups in total. The summed E-state index contributed by atoms with van der Waals surface area (Å²) in [6.45, 7) is 16.4. The van der Waals surface area contributed by atoms with Crippen LogP contribution in [0.2, 0.25) is 0 Å². The third-order valence-electron chi connectivity index (χ3n) is 4.12. The maximum atomic E-state index is 11.8. The highest BCUT2D eigenvalue weighted by atomic mass is 16.5. The summed E-state index contributed by atoms with van der Waals surface area (Å²) in [5.74, 6) is -0.573. The lowest BCUT2D eigenvalue weighted by atomic mass is 9.84. The van der Waals surface area contributed by atoms with Gasteiger partial charge in [0.15, 0.2) is 0 Å². The van der Waals surface area contributed by atoms with Crippen LogP contribution in [0.25, 0.3) is 4.85 Å². The number of fused-ring (bicyclic) bond motifs is 1. The Bertz CT molecular complexity index is 708. The van der Waals surface area contributed by atoms with Crippen LogP contribution in [0, 0.1) is 6.57 Å². The highest BCUT2D eigenvalue weighted by Crippen LogP contribution is 2.47. The van der Waals surface area contributed by atoms with E-state index in [9.17, 15) is 4.79 Å². The first kappa shape index (κ1) is 16.8. The lowest BCUT2D eigenvalue weighted by Gasteiger charge is -2.25. The standard InChI is InChI=1S/C19H22N2O2/c1-6-21-16-11-9-8-10-14(16)19(3,4)17(21)13-12-15(20-5)18(22)23-7-2/h8-13H,6-7H2,1-4H3. The normalized spacial score (nSPS) is 17.8. The van der Waals surface area contributed by atoms with Crippen LogP contribution in [-0.2, 0) is 14.9 Å². The molecule has 1 aromatic rings. The smallest absolute Gasteiger partial charge is 0.336 e. The number of hydrogen-bond acceptors (Lipinski definition) is 3. The number of ether oxygens (including phenoxy) is 1. The van der Waals surface area contributed by atoms with E-state index in [-0.39, 0.29) is 17.7 Å². The number of nitrogens with zero attached hydrogens (tertiary/aromatic N) is 2. The van der Waals surface area contributed by atoms with Crippen molar-refractivity contribution in [1.82, 2.24) is 0 Å². The molecule has 0 bridgehead atoms. The number of allylic oxidation sites excluding steroid dienone is 3. The third-order valence-corrected chi connectivity index (χ3v) is 4.12. The molecule has 0 radical (unpaired) electrons. The van der Waals surface area contributed by atoms with Crippen LogP contribution in [0.4, 0.5) is 5.69 Å². The fourth-order valence-corrected chi connectivity index (χ4v) is 3.00. The summed E-state index contributed by atoms with van der Waals surface area (Å²) in [6.07, 6.45) is 3.43. The number of benzene rings is 1. The van der Waals surface area contributed by atoms with E-state index in [1.54, 1.807) is 13.0 Å². The second-order valence-corrected chi connectivity index (χ2v) is 5.82. The summed E-state index contributed by atoms with van der Waals surface area (Å²) >= 11 is 0. The third kappa shape index (κ3) is 3.00. The van der Waals surface area contributed by atoms with E-state index in [0.717, 1.165) is 12.2 Å². The van der Waals surface area contributed by atoms with Crippen molar-refractivity contribution in [3.63, 3.8) is 0 Å². The minimum absolute atomic E-state index is 0.00200. The van der Waals surface area contributed by atoms with Crippen molar-refractivity contribution in [3.8, 4) is 0 Å². The van der Waals surface area contributed by atoms with Gasteiger partial charge in [-0.2, -0.15) is 0 Å². The van der Waals surface area contributed by atoms with E-state index >= 15 is 0 Å². The molecule has 1 aromatic carbocycles. The second kappa shape index (κ2) is 6.70. The fraction of sp³-hybridized carbons (Fsp3) is 0.368. The summed E-state index contributed by atoms with van der Waals surface area (Å²) in [7, 11) is 0. The molecule has 120 valence electrons. The molecule has 1 aliphatic rings. The van der Waals surface area contributed by atoms with Crippen molar-refractivity contribution in [2.24, 2.45) is 0 Å². The van der Waals surface area contributed by atoms with E-state index < -0.39 is 5.97 Å². The molecule has 0 spiro atoms. The number of carbonyl (C=O) groups is 1. The minimum atomic E-state index is -0.573. The molecule has 0 aromatic heterocycles. The molecule has 0 fully saturated rings. The first-order valence-electron chi connectivity index (χ1n) is 7.81. The summed E-state index contributed by atoms with van der Waals surface area (Å²) < 4.78 is 4.91. The van der Waals surface area contributed by atoms with Crippen molar-refractivity contribution in [2.75, 3.05) is 18.1 Å². The Hall–Kier alpha value is -2.54. The summed E-state index contributed by atoms with van der Waals surface area (Å²) in [6, 6.07) is 8.30. The molecule has 4 heteroatoms. The highest BCUT2D eigenvalue weighted by Gasteiger charge is 2.38. The van der Waals surface area contributed by atoms with Gasteiger partial charge in [0.2, 0.25) is 0 Å². The molecule has 0 saturated heterocycles. The Morgan fingerprint density at radius 1 is 1.35 bits per heavy atom. The Kier molecular flexibility index (Phi) is 4.90. The van der Waals surface area contributed by atoms with Crippen molar-refractivity contribution < 1.29 is 9.53 Å². The maximum absolute atomic E-state index is 11.8. The van der Waals surface area contributed by atoms with Gasteiger partial charge in [0.1, 0.15) is 0 Å². The Labute approximate surface area is 137 Å². The second-order valence-electron chi connectivity index (χ2n) is 5.82. The summed E-state index contributed by atoms with van der Waals surface area (Å²) in [5, 5.41) is 0. The highest BCUT2D eigenvalue weighted by molar-refractivity contribution is 5.90. The predicted octanol–water partition coefficient (Wildman–Crippen LogP) is 4.05. The maximum Gasteiger partial charge on any atom is 0.336 e. The largest absolute Gasteiger partial charge is 0.471 e. The first-order chi connectivity index (χ1) is 11.0. The average molecular weight is 310 g/mol. The molecule has 0 aliphatic carbocycles. The Morgan fingerprint density at radius 3 is 2.65 bits per heavy atom. The zero-order valence-electron chi connectivity index (χ0n) is 14.1. The summed E-state index contributed by atoms with van der Waals surface area (Å²) in [4.78, 5) is 17.3. The molecule has 0 unspecified atom stereocenters. The minimum Gasteiger partial charge on any atom is -0.471 e. The summed E-state index contributed by atoms with van der Waals surface area (Å²) in [5.41, 5.74) is 3.33. The predicted molar refractivity (Wildman–Crippen MR) is 91.9 cm³/mol. The van der Waals surface area contributed by atoms with Gasteiger partial charge in [-0.3, -0.25) is 4.79 Å². The molecule has 1 aliphatic heterocycles. The number of esters is 1. The van der Waals surface area contributed by atoms with Crippen LogP contribution in [0.5, 0.6) is 0 Å². The molecular formula is C19H22N2O2. The Morgan fingerprint density at radius 2 is 2.04 bits per heavy atom. The zero-order valence-corrected chi connectivity index (χ0v) is 14.1. The molecular weight excluding hydrogens is 288 g/mol. The van der Waals surface area contributed by atoms with Gasteiger partial charge in [-0.25, -0.2) is 4.85 Å². The van der Waals surface area contributed by atoms with Crippen LogP contribution >= 0.6 is 0 Å². The molecule has 23 heavy (non-hydrogen) atoms. The van der Waals surface area contributed by atoms with E-state index in [0.29, 0.717) is 0 Å². The quantitative estimate of drug-likeness (QED) is 0.478. The van der Waals surface area contributed by atoms with Crippen molar-refractivity contribution >= 4 is 11.7 Å². The number of anilines is 1. The molecule has 4 nitrogen and oxygen atoms in total. The fourth-order valence-electron chi connectivity index (χ4n) is 3.00. The molecule has 0 amide bonds. The van der Waals surface area contributed by atoms with Crippen LogP contribution in [-0.4, -0.2) is 19.1 Å². The average Bonchev–Trinajstić information content (AvgIpc) is 2.76.